The van der Waals surface area contributed by atoms with Gasteiger partial charge in [-0.25, -0.2) is 0 Å². The molecule has 1 amide bonds. The van der Waals surface area contributed by atoms with E-state index in [1.165, 1.54) is 12.3 Å². The topological polar surface area (TPSA) is 103 Å². The highest BCUT2D eigenvalue weighted by atomic mass is 35.5. The predicted molar refractivity (Wildman–Crippen MR) is 96.4 cm³/mol. The third kappa shape index (κ3) is 3.55. The van der Waals surface area contributed by atoms with E-state index in [0.29, 0.717) is 16.4 Å². The summed E-state index contributed by atoms with van der Waals surface area (Å²) in [5, 5.41) is 19.1. The lowest BCUT2D eigenvalue weighted by molar-refractivity contribution is -0.386. The van der Waals surface area contributed by atoms with Crippen molar-refractivity contribution >= 4 is 23.2 Å². The smallest absolute Gasteiger partial charge is 0.312 e. The lowest BCUT2D eigenvalue weighted by Crippen LogP contribution is -2.43. The van der Waals surface area contributed by atoms with Crippen molar-refractivity contribution in [2.24, 2.45) is 0 Å². The second-order valence-corrected chi connectivity index (χ2v) is 6.95. The lowest BCUT2D eigenvalue weighted by atomic mass is 9.90. The normalized spacial score (nSPS) is 20.0. The van der Waals surface area contributed by atoms with E-state index >= 15 is 0 Å². The lowest BCUT2D eigenvalue weighted by Gasteiger charge is -2.32. The van der Waals surface area contributed by atoms with E-state index in [-0.39, 0.29) is 29.4 Å². The van der Waals surface area contributed by atoms with E-state index < -0.39 is 4.92 Å². The predicted octanol–water partition coefficient (Wildman–Crippen LogP) is 3.37. The SMILES string of the molecule is Cc1nn([C@@H]2CCCC[C@H]2NC(=O)c2cc(Cl)ccn2)c(C)c1[N+](=O)[O-]. The number of nitro groups is 1. The molecule has 0 aliphatic heterocycles. The Kier molecular flexibility index (Phi) is 5.22. The molecule has 2 aromatic rings. The maximum Gasteiger partial charge on any atom is 0.312 e. The third-order valence-electron chi connectivity index (χ3n) is 4.78. The van der Waals surface area contributed by atoms with Gasteiger partial charge in [0.15, 0.2) is 0 Å². The molecule has 9 heteroatoms. The van der Waals surface area contributed by atoms with Crippen molar-refractivity contribution in [3.63, 3.8) is 0 Å². The van der Waals surface area contributed by atoms with Gasteiger partial charge in [0.25, 0.3) is 5.91 Å². The van der Waals surface area contributed by atoms with Crippen LogP contribution in [-0.2, 0) is 0 Å². The maximum atomic E-state index is 12.5. The average molecular weight is 378 g/mol. The summed E-state index contributed by atoms with van der Waals surface area (Å²) in [7, 11) is 0. The van der Waals surface area contributed by atoms with Gasteiger partial charge in [-0.3, -0.25) is 24.6 Å². The van der Waals surface area contributed by atoms with Crippen LogP contribution in [0.4, 0.5) is 5.69 Å². The number of nitrogens with one attached hydrogen (secondary N) is 1. The van der Waals surface area contributed by atoms with Crippen LogP contribution in [0, 0.1) is 24.0 Å². The standard InChI is InChI=1S/C17H20ClN5O3/c1-10-16(23(25)26)11(2)22(21-10)15-6-4-3-5-13(15)20-17(24)14-9-12(18)7-8-19-14/h7-9,13,15H,3-6H2,1-2H3,(H,20,24)/t13-,15-/m1/s1. The molecule has 1 aliphatic rings. The second-order valence-electron chi connectivity index (χ2n) is 6.51. The first kappa shape index (κ1) is 18.3. The molecule has 2 heterocycles. The van der Waals surface area contributed by atoms with Crippen LogP contribution >= 0.6 is 11.6 Å². The quantitative estimate of drug-likeness (QED) is 0.649. The molecule has 1 N–H and O–H groups in total. The van der Waals surface area contributed by atoms with Crippen molar-refractivity contribution in [2.75, 3.05) is 0 Å². The van der Waals surface area contributed by atoms with Gasteiger partial charge < -0.3 is 5.32 Å². The van der Waals surface area contributed by atoms with Gasteiger partial charge in [0.05, 0.1) is 17.0 Å². The Morgan fingerprint density at radius 2 is 2.12 bits per heavy atom. The van der Waals surface area contributed by atoms with Crippen LogP contribution in [0.25, 0.3) is 0 Å². The first-order valence-corrected chi connectivity index (χ1v) is 8.88. The van der Waals surface area contributed by atoms with Crippen molar-refractivity contribution in [3.05, 3.63) is 50.5 Å². The van der Waals surface area contributed by atoms with E-state index in [1.54, 1.807) is 24.6 Å². The minimum Gasteiger partial charge on any atom is -0.346 e. The number of rotatable bonds is 4. The Labute approximate surface area is 155 Å². The zero-order chi connectivity index (χ0) is 18.8. The molecule has 1 aliphatic carbocycles. The maximum absolute atomic E-state index is 12.5. The molecule has 0 bridgehead atoms. The van der Waals surface area contributed by atoms with Gasteiger partial charge in [0.2, 0.25) is 0 Å². The molecule has 0 spiro atoms. The number of aryl methyl sites for hydroxylation is 1. The van der Waals surface area contributed by atoms with Gasteiger partial charge in [-0.1, -0.05) is 24.4 Å². The number of pyridine rings is 1. The zero-order valence-corrected chi connectivity index (χ0v) is 15.4. The van der Waals surface area contributed by atoms with E-state index in [2.05, 4.69) is 15.4 Å². The van der Waals surface area contributed by atoms with Crippen LogP contribution in [0.15, 0.2) is 18.3 Å². The highest BCUT2D eigenvalue weighted by molar-refractivity contribution is 6.30. The number of carbonyl (C=O) groups excluding carboxylic acids is 1. The van der Waals surface area contributed by atoms with Crippen LogP contribution in [0.2, 0.25) is 5.02 Å². The summed E-state index contributed by atoms with van der Waals surface area (Å²) in [5.74, 6) is -0.305. The van der Waals surface area contributed by atoms with Crippen molar-refractivity contribution < 1.29 is 9.72 Å². The molecule has 2 aromatic heterocycles. The van der Waals surface area contributed by atoms with Crippen LogP contribution in [-0.4, -0.2) is 31.6 Å². The molecule has 8 nitrogen and oxygen atoms in total. The molecule has 0 unspecified atom stereocenters. The molecule has 0 saturated heterocycles. The second kappa shape index (κ2) is 7.41. The molecule has 0 aromatic carbocycles. The fraction of sp³-hybridized carbons (Fsp3) is 0.471. The molecule has 26 heavy (non-hydrogen) atoms. The van der Waals surface area contributed by atoms with E-state index in [1.807, 2.05) is 0 Å². The summed E-state index contributed by atoms with van der Waals surface area (Å²) in [5.41, 5.74) is 1.19. The Morgan fingerprint density at radius 3 is 2.77 bits per heavy atom. The minimum atomic E-state index is -0.402. The number of amides is 1. The number of nitrogens with zero attached hydrogens (tertiary/aromatic N) is 4. The first-order chi connectivity index (χ1) is 12.4. The number of aromatic nitrogens is 3. The van der Waals surface area contributed by atoms with E-state index in [0.717, 1.165) is 25.7 Å². The molecule has 2 atom stereocenters. The number of carbonyl (C=O) groups is 1. The monoisotopic (exact) mass is 377 g/mol. The van der Waals surface area contributed by atoms with Crippen LogP contribution in [0.3, 0.4) is 0 Å². The van der Waals surface area contributed by atoms with Gasteiger partial charge in [-0.2, -0.15) is 5.10 Å². The van der Waals surface area contributed by atoms with Crippen molar-refractivity contribution in [1.82, 2.24) is 20.1 Å². The van der Waals surface area contributed by atoms with Crippen molar-refractivity contribution in [3.8, 4) is 0 Å². The van der Waals surface area contributed by atoms with E-state index in [9.17, 15) is 14.9 Å². The van der Waals surface area contributed by atoms with Crippen LogP contribution in [0.1, 0.15) is 53.6 Å². The first-order valence-electron chi connectivity index (χ1n) is 8.51. The van der Waals surface area contributed by atoms with Gasteiger partial charge in [-0.15, -0.1) is 0 Å². The molecule has 138 valence electrons. The number of hydrogen-bond donors (Lipinski definition) is 1. The highest BCUT2D eigenvalue weighted by Gasteiger charge is 2.33. The fourth-order valence-corrected chi connectivity index (χ4v) is 3.74. The minimum absolute atomic E-state index is 0.0390. The summed E-state index contributed by atoms with van der Waals surface area (Å²) in [6, 6.07) is 2.83. The van der Waals surface area contributed by atoms with Crippen molar-refractivity contribution in [2.45, 2.75) is 51.6 Å². The van der Waals surface area contributed by atoms with Gasteiger partial charge in [0, 0.05) is 11.2 Å². The highest BCUT2D eigenvalue weighted by Crippen LogP contribution is 2.33. The molecule has 1 fully saturated rings. The Morgan fingerprint density at radius 1 is 1.38 bits per heavy atom. The summed E-state index contributed by atoms with van der Waals surface area (Å²) in [6.45, 7) is 3.33. The summed E-state index contributed by atoms with van der Waals surface area (Å²) >= 11 is 5.93. The van der Waals surface area contributed by atoms with Gasteiger partial charge >= 0.3 is 5.69 Å². The molecular formula is C17H20ClN5O3. The molecular weight excluding hydrogens is 358 g/mol. The van der Waals surface area contributed by atoms with E-state index in [4.69, 9.17) is 11.6 Å². The Hall–Kier alpha value is -2.48. The van der Waals surface area contributed by atoms with Crippen molar-refractivity contribution in [1.29, 1.82) is 0 Å². The van der Waals surface area contributed by atoms with Crippen LogP contribution in [0.5, 0.6) is 0 Å². The summed E-state index contributed by atoms with van der Waals surface area (Å²) < 4.78 is 1.70. The van der Waals surface area contributed by atoms with Crippen LogP contribution < -0.4 is 5.32 Å². The number of hydrogen-bond acceptors (Lipinski definition) is 5. The zero-order valence-electron chi connectivity index (χ0n) is 14.6. The Bertz CT molecular complexity index is 851. The fourth-order valence-electron chi connectivity index (χ4n) is 3.59. The van der Waals surface area contributed by atoms with Gasteiger partial charge in [0.1, 0.15) is 17.1 Å². The Balaban J connectivity index is 1.86. The largest absolute Gasteiger partial charge is 0.346 e. The van der Waals surface area contributed by atoms with Gasteiger partial charge in [-0.05, 0) is 38.8 Å². The number of halogens is 1. The molecule has 0 radical (unpaired) electrons. The average Bonchev–Trinajstić information content (AvgIpc) is 2.89. The molecule has 1 saturated carbocycles. The summed E-state index contributed by atoms with van der Waals surface area (Å²) in [4.78, 5) is 27.5. The summed E-state index contributed by atoms with van der Waals surface area (Å²) in [6.07, 6.45) is 5.03. The molecule has 3 rings (SSSR count). The third-order valence-corrected chi connectivity index (χ3v) is 5.02.